The van der Waals surface area contributed by atoms with Crippen molar-refractivity contribution < 1.29 is 4.74 Å². The van der Waals surface area contributed by atoms with Gasteiger partial charge in [0, 0.05) is 19.7 Å². The second-order valence-corrected chi connectivity index (χ2v) is 4.41. The minimum atomic E-state index is 0.312. The summed E-state index contributed by atoms with van der Waals surface area (Å²) in [5.74, 6) is 0. The van der Waals surface area contributed by atoms with Gasteiger partial charge in [-0.3, -0.25) is 4.90 Å². The quantitative estimate of drug-likeness (QED) is 0.788. The first-order chi connectivity index (χ1) is 8.22. The maximum Gasteiger partial charge on any atom is 0.0713 e. The summed E-state index contributed by atoms with van der Waals surface area (Å²) in [6.07, 6.45) is 1.15. The van der Waals surface area contributed by atoms with E-state index in [1.54, 1.807) is 7.11 Å². The van der Waals surface area contributed by atoms with Gasteiger partial charge in [-0.25, -0.2) is 0 Å². The van der Waals surface area contributed by atoms with Crippen LogP contribution in [0.3, 0.4) is 0 Å². The predicted octanol–water partition coefficient (Wildman–Crippen LogP) is 2.17. The molecule has 1 rings (SSSR count). The zero-order chi connectivity index (χ0) is 12.7. The fraction of sp³-hybridized carbons (Fsp3) is 0.571. The summed E-state index contributed by atoms with van der Waals surface area (Å²) in [6.45, 7) is 4.58. The van der Waals surface area contributed by atoms with Crippen LogP contribution in [-0.2, 0) is 11.3 Å². The molecule has 0 amide bonds. The van der Waals surface area contributed by atoms with Crippen molar-refractivity contribution in [2.75, 3.05) is 27.2 Å². The topological polar surface area (TPSA) is 38.5 Å². The molecule has 1 atom stereocenters. The first-order valence-electron chi connectivity index (χ1n) is 6.21. The maximum atomic E-state index is 5.87. The Hall–Kier alpha value is -0.900. The van der Waals surface area contributed by atoms with Crippen LogP contribution in [0.25, 0.3) is 0 Å². The van der Waals surface area contributed by atoms with E-state index in [4.69, 9.17) is 10.5 Å². The van der Waals surface area contributed by atoms with E-state index in [2.05, 4.69) is 43.1 Å². The number of nitrogens with zero attached hydrogens (tertiary/aromatic N) is 1. The van der Waals surface area contributed by atoms with E-state index in [0.29, 0.717) is 19.2 Å². The van der Waals surface area contributed by atoms with E-state index in [9.17, 15) is 0 Å². The zero-order valence-electron chi connectivity index (χ0n) is 11.1. The van der Waals surface area contributed by atoms with Crippen LogP contribution in [0.15, 0.2) is 24.3 Å². The van der Waals surface area contributed by atoms with Crippen LogP contribution < -0.4 is 5.73 Å². The summed E-state index contributed by atoms with van der Waals surface area (Å²) >= 11 is 0. The maximum absolute atomic E-state index is 5.87. The molecule has 3 heteroatoms. The molecule has 0 aliphatic rings. The lowest BCUT2D eigenvalue weighted by Gasteiger charge is -2.27. The van der Waals surface area contributed by atoms with E-state index in [1.165, 1.54) is 11.1 Å². The lowest BCUT2D eigenvalue weighted by atomic mass is 10.0. The summed E-state index contributed by atoms with van der Waals surface area (Å²) in [4.78, 5) is 2.31. The molecule has 0 aliphatic heterocycles. The number of benzene rings is 1. The highest BCUT2D eigenvalue weighted by molar-refractivity contribution is 5.25. The van der Waals surface area contributed by atoms with E-state index < -0.39 is 0 Å². The molecule has 17 heavy (non-hydrogen) atoms. The van der Waals surface area contributed by atoms with E-state index in [0.717, 1.165) is 13.0 Å². The second-order valence-electron chi connectivity index (χ2n) is 4.41. The Labute approximate surface area is 105 Å². The van der Waals surface area contributed by atoms with Crippen molar-refractivity contribution in [2.45, 2.75) is 26.0 Å². The van der Waals surface area contributed by atoms with Crippen LogP contribution in [0.2, 0.25) is 0 Å². The fourth-order valence-electron chi connectivity index (χ4n) is 2.08. The van der Waals surface area contributed by atoms with Gasteiger partial charge >= 0.3 is 0 Å². The van der Waals surface area contributed by atoms with Gasteiger partial charge in [-0.15, -0.1) is 0 Å². The van der Waals surface area contributed by atoms with Gasteiger partial charge in [-0.2, -0.15) is 0 Å². The lowest BCUT2D eigenvalue weighted by Crippen LogP contribution is -2.31. The molecule has 0 fully saturated rings. The first-order valence-corrected chi connectivity index (χ1v) is 6.21. The minimum absolute atomic E-state index is 0.312. The molecule has 0 aromatic heterocycles. The molecule has 1 unspecified atom stereocenters. The molecule has 3 nitrogen and oxygen atoms in total. The normalized spacial score (nSPS) is 13.0. The molecule has 0 aliphatic carbocycles. The van der Waals surface area contributed by atoms with Gasteiger partial charge < -0.3 is 10.5 Å². The molecule has 0 heterocycles. The molecule has 1 aromatic rings. The largest absolute Gasteiger partial charge is 0.380 e. The van der Waals surface area contributed by atoms with Gasteiger partial charge in [0.05, 0.1) is 6.61 Å². The average Bonchev–Trinajstić information content (AvgIpc) is 2.33. The van der Waals surface area contributed by atoms with Crippen LogP contribution in [0.5, 0.6) is 0 Å². The number of hydrogen-bond donors (Lipinski definition) is 1. The molecular formula is C14H24N2O. The number of hydrogen-bond acceptors (Lipinski definition) is 3. The number of nitrogens with two attached hydrogens (primary N) is 1. The van der Waals surface area contributed by atoms with E-state index in [1.807, 2.05) is 0 Å². The predicted molar refractivity (Wildman–Crippen MR) is 71.9 cm³/mol. The summed E-state index contributed by atoms with van der Waals surface area (Å²) < 4.78 is 5.11. The number of likely N-dealkylation sites (N-methyl/N-ethyl adjacent to an activating group) is 1. The summed E-state index contributed by atoms with van der Waals surface area (Å²) in [6, 6.07) is 8.84. The molecule has 0 saturated heterocycles. The van der Waals surface area contributed by atoms with Crippen LogP contribution >= 0.6 is 0 Å². The number of ether oxygens (including phenoxy) is 1. The van der Waals surface area contributed by atoms with Crippen molar-refractivity contribution in [3.63, 3.8) is 0 Å². The molecule has 0 bridgehead atoms. The third kappa shape index (κ3) is 4.11. The van der Waals surface area contributed by atoms with Gasteiger partial charge in [-0.05, 0) is 31.1 Å². The zero-order valence-corrected chi connectivity index (χ0v) is 11.1. The Kier molecular flexibility index (Phi) is 6.19. The van der Waals surface area contributed by atoms with Gasteiger partial charge in [0.1, 0.15) is 0 Å². The lowest BCUT2D eigenvalue weighted by molar-refractivity contribution is 0.185. The highest BCUT2D eigenvalue weighted by Gasteiger charge is 2.14. The molecule has 0 spiro atoms. The van der Waals surface area contributed by atoms with Crippen LogP contribution in [0, 0.1) is 0 Å². The van der Waals surface area contributed by atoms with Crippen molar-refractivity contribution in [3.8, 4) is 0 Å². The van der Waals surface area contributed by atoms with Crippen LogP contribution in [0.1, 0.15) is 30.5 Å². The Morgan fingerprint density at radius 1 is 1.29 bits per heavy atom. The van der Waals surface area contributed by atoms with E-state index >= 15 is 0 Å². The Morgan fingerprint density at radius 3 is 2.41 bits per heavy atom. The van der Waals surface area contributed by atoms with Crippen LogP contribution in [0.4, 0.5) is 0 Å². The molecule has 0 radical (unpaired) electrons. The molecule has 1 aromatic carbocycles. The number of methoxy groups -OCH3 is 1. The Morgan fingerprint density at radius 2 is 1.94 bits per heavy atom. The highest BCUT2D eigenvalue weighted by Crippen LogP contribution is 2.19. The molecular weight excluding hydrogens is 212 g/mol. The van der Waals surface area contributed by atoms with Crippen LogP contribution in [-0.4, -0.2) is 32.1 Å². The third-order valence-corrected chi connectivity index (χ3v) is 3.01. The first kappa shape index (κ1) is 14.2. The monoisotopic (exact) mass is 236 g/mol. The molecule has 96 valence electrons. The SMILES string of the molecule is CCCN(C)C(CN)c1ccc(COC)cc1. The van der Waals surface area contributed by atoms with Crippen molar-refractivity contribution in [2.24, 2.45) is 5.73 Å². The third-order valence-electron chi connectivity index (χ3n) is 3.01. The van der Waals surface area contributed by atoms with Gasteiger partial charge in [-0.1, -0.05) is 31.2 Å². The van der Waals surface area contributed by atoms with Crippen molar-refractivity contribution >= 4 is 0 Å². The van der Waals surface area contributed by atoms with Gasteiger partial charge in [0.15, 0.2) is 0 Å². The van der Waals surface area contributed by atoms with Crippen molar-refractivity contribution in [3.05, 3.63) is 35.4 Å². The Balaban J connectivity index is 2.74. The second kappa shape index (κ2) is 7.43. The van der Waals surface area contributed by atoms with Gasteiger partial charge in [0.2, 0.25) is 0 Å². The van der Waals surface area contributed by atoms with Gasteiger partial charge in [0.25, 0.3) is 0 Å². The summed E-state index contributed by atoms with van der Waals surface area (Å²) in [7, 11) is 3.84. The Bertz CT molecular complexity index is 311. The van der Waals surface area contributed by atoms with Crippen molar-refractivity contribution in [1.29, 1.82) is 0 Å². The standard InChI is InChI=1S/C14H24N2O/c1-4-9-16(2)14(10-15)13-7-5-12(6-8-13)11-17-3/h5-8,14H,4,9-11,15H2,1-3H3. The molecule has 0 saturated carbocycles. The van der Waals surface area contributed by atoms with Crippen molar-refractivity contribution in [1.82, 2.24) is 4.90 Å². The minimum Gasteiger partial charge on any atom is -0.380 e. The highest BCUT2D eigenvalue weighted by atomic mass is 16.5. The summed E-state index contributed by atoms with van der Waals surface area (Å²) in [5, 5.41) is 0. The average molecular weight is 236 g/mol. The smallest absolute Gasteiger partial charge is 0.0713 e. The van der Waals surface area contributed by atoms with E-state index in [-0.39, 0.29) is 0 Å². The fourth-order valence-corrected chi connectivity index (χ4v) is 2.08. The summed E-state index contributed by atoms with van der Waals surface area (Å²) in [5.41, 5.74) is 8.35. The molecule has 2 N–H and O–H groups in total. The number of rotatable bonds is 7.